The highest BCUT2D eigenvalue weighted by molar-refractivity contribution is 6.30. The summed E-state index contributed by atoms with van der Waals surface area (Å²) in [6.07, 6.45) is 0.675. The van der Waals surface area contributed by atoms with Gasteiger partial charge in [-0.25, -0.2) is 0 Å². The first kappa shape index (κ1) is 20.0. The predicted octanol–water partition coefficient (Wildman–Crippen LogP) is 3.51. The quantitative estimate of drug-likeness (QED) is 0.847. The average Bonchev–Trinajstić information content (AvgIpc) is 3.12. The Kier molecular flexibility index (Phi) is 6.30. The van der Waals surface area contributed by atoms with Gasteiger partial charge in [-0.05, 0) is 48.2 Å². The van der Waals surface area contributed by atoms with Crippen molar-refractivity contribution in [2.45, 2.75) is 12.3 Å². The summed E-state index contributed by atoms with van der Waals surface area (Å²) < 4.78 is 5.81. The van der Waals surface area contributed by atoms with Crippen LogP contribution in [0.1, 0.15) is 17.0 Å². The Balaban J connectivity index is 0.00000210. The summed E-state index contributed by atoms with van der Waals surface area (Å²) in [4.78, 5) is 15.1. The monoisotopic (exact) mass is 406 g/mol. The Morgan fingerprint density at radius 2 is 1.96 bits per heavy atom. The van der Waals surface area contributed by atoms with Crippen molar-refractivity contribution in [1.82, 2.24) is 4.90 Å². The smallest absolute Gasteiger partial charge is 0.229 e. The number of nitrogens with two attached hydrogens (primary N) is 1. The van der Waals surface area contributed by atoms with Gasteiger partial charge in [0.25, 0.3) is 0 Å². The molecule has 2 aliphatic heterocycles. The van der Waals surface area contributed by atoms with E-state index in [1.807, 2.05) is 41.3 Å². The summed E-state index contributed by atoms with van der Waals surface area (Å²) in [6.45, 7) is 2.45. The van der Waals surface area contributed by atoms with Crippen LogP contribution in [0, 0.1) is 11.8 Å². The highest BCUT2D eigenvalue weighted by atomic mass is 35.5. The fraction of sp³-hybridized carbons (Fsp3) is 0.381. The second kappa shape index (κ2) is 8.51. The van der Waals surface area contributed by atoms with E-state index in [9.17, 15) is 4.79 Å². The third-order valence-electron chi connectivity index (χ3n) is 5.56. The number of carbonyl (C=O) groups is 1. The normalized spacial score (nSPS) is 23.9. The van der Waals surface area contributed by atoms with Gasteiger partial charge in [-0.3, -0.25) is 4.79 Å². The molecule has 4 nitrogen and oxygen atoms in total. The maximum atomic E-state index is 13.1. The maximum absolute atomic E-state index is 13.1. The van der Waals surface area contributed by atoms with E-state index in [0.29, 0.717) is 43.0 Å². The van der Waals surface area contributed by atoms with Crippen molar-refractivity contribution in [3.63, 3.8) is 0 Å². The summed E-state index contributed by atoms with van der Waals surface area (Å²) in [7, 11) is 0. The van der Waals surface area contributed by atoms with Crippen molar-refractivity contribution in [3.8, 4) is 5.75 Å². The standard InChI is InChI=1S/C21H23ClN2O2.ClH/c22-18-6-7-20-15(9-18)8-16(13-26-20)21(25)24-11-17(10-23)19(12-24)14-4-2-1-3-5-14;/h1-7,9,16-17,19H,8,10-13,23H2;1H/t16?,17-,19+;/m1./s1. The first-order chi connectivity index (χ1) is 12.7. The fourth-order valence-electron chi connectivity index (χ4n) is 4.15. The van der Waals surface area contributed by atoms with Crippen molar-refractivity contribution in [2.75, 3.05) is 26.2 Å². The number of likely N-dealkylation sites (tertiary alicyclic amines) is 1. The Morgan fingerprint density at radius 1 is 1.19 bits per heavy atom. The van der Waals surface area contributed by atoms with Crippen LogP contribution in [0.4, 0.5) is 0 Å². The van der Waals surface area contributed by atoms with Crippen LogP contribution in [0.15, 0.2) is 48.5 Å². The van der Waals surface area contributed by atoms with Gasteiger partial charge in [0.1, 0.15) is 12.4 Å². The minimum absolute atomic E-state index is 0. The zero-order valence-corrected chi connectivity index (χ0v) is 16.6. The fourth-order valence-corrected chi connectivity index (χ4v) is 4.34. The minimum atomic E-state index is -0.158. The first-order valence-electron chi connectivity index (χ1n) is 9.10. The average molecular weight is 407 g/mol. The molecule has 2 aromatic carbocycles. The topological polar surface area (TPSA) is 55.6 Å². The third kappa shape index (κ3) is 4.08. The third-order valence-corrected chi connectivity index (χ3v) is 5.80. The molecule has 2 heterocycles. The molecule has 0 saturated carbocycles. The number of benzene rings is 2. The molecule has 1 amide bonds. The molecule has 0 spiro atoms. The molecule has 144 valence electrons. The van der Waals surface area contributed by atoms with E-state index in [-0.39, 0.29) is 24.2 Å². The Bertz CT molecular complexity index is 800. The summed E-state index contributed by atoms with van der Waals surface area (Å²) >= 11 is 6.09. The zero-order valence-electron chi connectivity index (χ0n) is 15.0. The van der Waals surface area contributed by atoms with Gasteiger partial charge in [-0.2, -0.15) is 0 Å². The number of rotatable bonds is 3. The lowest BCUT2D eigenvalue weighted by molar-refractivity contribution is -0.136. The summed E-state index contributed by atoms with van der Waals surface area (Å²) in [6, 6.07) is 16.0. The van der Waals surface area contributed by atoms with Crippen LogP contribution in [0.25, 0.3) is 0 Å². The highest BCUT2D eigenvalue weighted by Crippen LogP contribution is 2.35. The van der Waals surface area contributed by atoms with Gasteiger partial charge in [-0.15, -0.1) is 12.4 Å². The van der Waals surface area contributed by atoms with Gasteiger partial charge in [-0.1, -0.05) is 41.9 Å². The molecule has 0 aromatic heterocycles. The first-order valence-corrected chi connectivity index (χ1v) is 9.48. The molecule has 1 saturated heterocycles. The summed E-state index contributed by atoms with van der Waals surface area (Å²) in [5.74, 6) is 1.44. The molecule has 1 fully saturated rings. The molecule has 6 heteroatoms. The highest BCUT2D eigenvalue weighted by Gasteiger charge is 2.38. The molecule has 2 N–H and O–H groups in total. The number of halogens is 2. The van der Waals surface area contributed by atoms with Crippen LogP contribution in [0.5, 0.6) is 5.75 Å². The molecule has 1 unspecified atom stereocenters. The largest absolute Gasteiger partial charge is 0.492 e. The number of hydrogen-bond donors (Lipinski definition) is 1. The van der Waals surface area contributed by atoms with Gasteiger partial charge < -0.3 is 15.4 Å². The Hall–Kier alpha value is -1.75. The van der Waals surface area contributed by atoms with Crippen molar-refractivity contribution in [2.24, 2.45) is 17.6 Å². The zero-order chi connectivity index (χ0) is 18.1. The lowest BCUT2D eigenvalue weighted by Gasteiger charge is -2.28. The van der Waals surface area contributed by atoms with E-state index in [0.717, 1.165) is 17.9 Å². The summed E-state index contributed by atoms with van der Waals surface area (Å²) in [5.41, 5.74) is 8.27. The number of hydrogen-bond acceptors (Lipinski definition) is 3. The number of nitrogens with zero attached hydrogens (tertiary/aromatic N) is 1. The maximum Gasteiger partial charge on any atom is 0.229 e. The lowest BCUT2D eigenvalue weighted by atomic mass is 9.89. The van der Waals surface area contributed by atoms with Crippen LogP contribution in [0.3, 0.4) is 0 Å². The molecule has 2 aromatic rings. The van der Waals surface area contributed by atoms with E-state index < -0.39 is 0 Å². The van der Waals surface area contributed by atoms with Gasteiger partial charge in [0, 0.05) is 24.0 Å². The second-order valence-electron chi connectivity index (χ2n) is 7.22. The second-order valence-corrected chi connectivity index (χ2v) is 7.66. The number of amides is 1. The van der Waals surface area contributed by atoms with Crippen molar-refractivity contribution in [1.29, 1.82) is 0 Å². The van der Waals surface area contributed by atoms with Gasteiger partial charge >= 0.3 is 0 Å². The van der Waals surface area contributed by atoms with E-state index in [1.165, 1.54) is 5.56 Å². The Labute approximate surface area is 171 Å². The molecule has 3 atom stereocenters. The predicted molar refractivity (Wildman–Crippen MR) is 110 cm³/mol. The van der Waals surface area contributed by atoms with Crippen LogP contribution in [-0.4, -0.2) is 37.0 Å². The van der Waals surface area contributed by atoms with Crippen molar-refractivity contribution in [3.05, 3.63) is 64.7 Å². The van der Waals surface area contributed by atoms with Crippen LogP contribution < -0.4 is 10.5 Å². The number of carbonyl (C=O) groups excluding carboxylic acids is 1. The molecular formula is C21H24Cl2N2O2. The van der Waals surface area contributed by atoms with Gasteiger partial charge in [0.15, 0.2) is 0 Å². The molecule has 27 heavy (non-hydrogen) atoms. The SMILES string of the molecule is Cl.NC[C@@H]1CN(C(=O)C2COc3ccc(Cl)cc3C2)C[C@H]1c1ccccc1. The van der Waals surface area contributed by atoms with E-state index >= 15 is 0 Å². The molecule has 4 rings (SSSR count). The van der Waals surface area contributed by atoms with Crippen LogP contribution in [-0.2, 0) is 11.2 Å². The van der Waals surface area contributed by atoms with Gasteiger partial charge in [0.2, 0.25) is 5.91 Å². The lowest BCUT2D eigenvalue weighted by Crippen LogP contribution is -2.40. The van der Waals surface area contributed by atoms with E-state index in [1.54, 1.807) is 0 Å². The van der Waals surface area contributed by atoms with E-state index in [2.05, 4.69) is 12.1 Å². The Morgan fingerprint density at radius 3 is 2.70 bits per heavy atom. The molecule has 0 radical (unpaired) electrons. The van der Waals surface area contributed by atoms with Gasteiger partial charge in [0.05, 0.1) is 5.92 Å². The van der Waals surface area contributed by atoms with Crippen molar-refractivity contribution >= 4 is 29.9 Å². The van der Waals surface area contributed by atoms with Crippen molar-refractivity contribution < 1.29 is 9.53 Å². The molecule has 2 aliphatic rings. The minimum Gasteiger partial charge on any atom is -0.492 e. The molecule has 0 bridgehead atoms. The number of fused-ring (bicyclic) bond motifs is 1. The van der Waals surface area contributed by atoms with Crippen LogP contribution >= 0.6 is 24.0 Å². The number of ether oxygens (including phenoxy) is 1. The molecular weight excluding hydrogens is 383 g/mol. The molecule has 0 aliphatic carbocycles. The van der Waals surface area contributed by atoms with E-state index in [4.69, 9.17) is 22.1 Å². The van der Waals surface area contributed by atoms with Crippen LogP contribution in [0.2, 0.25) is 5.02 Å². The summed E-state index contributed by atoms with van der Waals surface area (Å²) in [5, 5.41) is 0.675.